The van der Waals surface area contributed by atoms with Crippen molar-refractivity contribution in [2.75, 3.05) is 25.1 Å². The van der Waals surface area contributed by atoms with Crippen LogP contribution in [0.1, 0.15) is 0 Å². The Hall–Kier alpha value is -1.64. The summed E-state index contributed by atoms with van der Waals surface area (Å²) in [7, 11) is -2.38. The number of nitrogens with zero attached hydrogens (tertiary/aromatic N) is 1. The molecule has 19 heavy (non-hydrogen) atoms. The van der Waals surface area contributed by atoms with E-state index < -0.39 is 22.2 Å². The van der Waals surface area contributed by atoms with Crippen LogP contribution in [0.4, 0.5) is 10.5 Å². The first kappa shape index (κ1) is 13.8. The number of hydrogen-bond donors (Lipinski definition) is 2. The van der Waals surface area contributed by atoms with E-state index in [0.29, 0.717) is 0 Å². The average molecular weight is 286 g/mol. The molecular weight excluding hydrogens is 272 g/mol. The maximum atomic E-state index is 11.9. The van der Waals surface area contributed by atoms with Crippen molar-refractivity contribution in [3.05, 3.63) is 24.3 Å². The number of nitrogens with one attached hydrogen (secondary N) is 1. The molecule has 0 aromatic heterocycles. The number of hydrogen-bond acceptors (Lipinski definition) is 5. The second kappa shape index (κ2) is 5.16. The van der Waals surface area contributed by atoms with Gasteiger partial charge in [-0.05, 0) is 19.2 Å². The van der Waals surface area contributed by atoms with Crippen LogP contribution in [0.15, 0.2) is 29.2 Å². The van der Waals surface area contributed by atoms with Crippen LogP contribution in [0.5, 0.6) is 0 Å². The fourth-order valence-electron chi connectivity index (χ4n) is 1.83. The Labute approximate surface area is 110 Å². The van der Waals surface area contributed by atoms with Crippen molar-refractivity contribution in [1.82, 2.24) is 4.72 Å². The van der Waals surface area contributed by atoms with Crippen LogP contribution in [-0.4, -0.2) is 45.9 Å². The third kappa shape index (κ3) is 2.55. The lowest BCUT2D eigenvalue weighted by Gasteiger charge is -2.16. The molecule has 1 heterocycles. The molecule has 1 aliphatic rings. The van der Waals surface area contributed by atoms with Crippen molar-refractivity contribution in [2.24, 2.45) is 0 Å². The van der Waals surface area contributed by atoms with Crippen molar-refractivity contribution in [2.45, 2.75) is 11.0 Å². The lowest BCUT2D eigenvalue weighted by Crippen LogP contribution is -2.29. The molecule has 0 saturated carbocycles. The van der Waals surface area contributed by atoms with Crippen LogP contribution in [0, 0.1) is 0 Å². The average Bonchev–Trinajstić information content (AvgIpc) is 2.80. The number of benzene rings is 1. The highest BCUT2D eigenvalue weighted by molar-refractivity contribution is 7.89. The Bertz CT molecular complexity index is 587. The maximum Gasteiger partial charge on any atom is 0.414 e. The monoisotopic (exact) mass is 286 g/mol. The smallest absolute Gasteiger partial charge is 0.414 e. The fourth-order valence-corrected chi connectivity index (χ4v) is 2.76. The number of sulfonamides is 1. The topological polar surface area (TPSA) is 95.9 Å². The molecule has 104 valence electrons. The molecule has 0 aliphatic carbocycles. The van der Waals surface area contributed by atoms with E-state index >= 15 is 0 Å². The predicted octanol–water partition coefficient (Wildman–Crippen LogP) is -0.0878. The highest BCUT2D eigenvalue weighted by Gasteiger charge is 2.34. The van der Waals surface area contributed by atoms with Gasteiger partial charge in [0.15, 0.2) is 0 Å². The van der Waals surface area contributed by atoms with Crippen molar-refractivity contribution < 1.29 is 23.1 Å². The number of cyclic esters (lactones) is 1. The summed E-state index contributed by atoms with van der Waals surface area (Å²) in [4.78, 5) is 12.9. The molecule has 2 N–H and O–H groups in total. The van der Waals surface area contributed by atoms with E-state index in [1.54, 1.807) is 12.1 Å². The second-order valence-electron chi connectivity index (χ2n) is 3.97. The zero-order valence-electron chi connectivity index (χ0n) is 10.2. The summed E-state index contributed by atoms with van der Waals surface area (Å²) in [6.07, 6.45) is -1.31. The zero-order chi connectivity index (χ0) is 14.0. The molecule has 7 nitrogen and oxygen atoms in total. The van der Waals surface area contributed by atoms with Gasteiger partial charge in [0.25, 0.3) is 0 Å². The van der Waals surface area contributed by atoms with E-state index in [1.807, 2.05) is 0 Å². The molecule has 1 aliphatic heterocycles. The lowest BCUT2D eigenvalue weighted by molar-refractivity contribution is 0.0963. The van der Waals surface area contributed by atoms with Gasteiger partial charge in [-0.3, -0.25) is 4.90 Å². The summed E-state index contributed by atoms with van der Waals surface area (Å²) in [5, 5.41) is 8.99. The summed E-state index contributed by atoms with van der Waals surface area (Å²) in [5.41, 5.74) is 0.234. The quantitative estimate of drug-likeness (QED) is 0.806. The SMILES string of the molecule is CNS(=O)(=O)c1ccccc1N1CC(CO)OC1=O. The van der Waals surface area contributed by atoms with Crippen LogP contribution < -0.4 is 9.62 Å². The van der Waals surface area contributed by atoms with E-state index in [1.165, 1.54) is 24.1 Å². The third-order valence-corrected chi connectivity index (χ3v) is 4.25. The van der Waals surface area contributed by atoms with Gasteiger partial charge < -0.3 is 9.84 Å². The van der Waals surface area contributed by atoms with Crippen LogP contribution in [0.3, 0.4) is 0 Å². The Kier molecular flexibility index (Phi) is 3.74. The van der Waals surface area contributed by atoms with E-state index in [-0.39, 0.29) is 23.7 Å². The number of aliphatic hydroxyl groups excluding tert-OH is 1. The third-order valence-electron chi connectivity index (χ3n) is 2.79. The number of anilines is 1. The van der Waals surface area contributed by atoms with Crippen molar-refractivity contribution >= 4 is 21.8 Å². The zero-order valence-corrected chi connectivity index (χ0v) is 11.1. The Balaban J connectivity index is 2.44. The Morgan fingerprint density at radius 3 is 2.74 bits per heavy atom. The van der Waals surface area contributed by atoms with Gasteiger partial charge in [0.1, 0.15) is 11.0 Å². The minimum Gasteiger partial charge on any atom is -0.441 e. The van der Waals surface area contributed by atoms with Crippen LogP contribution in [0.2, 0.25) is 0 Å². The second-order valence-corrected chi connectivity index (χ2v) is 5.83. The molecule has 1 aromatic carbocycles. The number of carbonyl (C=O) groups is 1. The van der Waals surface area contributed by atoms with Gasteiger partial charge in [-0.15, -0.1) is 0 Å². The molecule has 8 heteroatoms. The van der Waals surface area contributed by atoms with Crippen molar-refractivity contribution in [1.29, 1.82) is 0 Å². The molecule has 0 spiro atoms. The minimum absolute atomic E-state index is 0.00644. The van der Waals surface area contributed by atoms with Gasteiger partial charge in [-0.1, -0.05) is 12.1 Å². The molecule has 1 amide bonds. The molecule has 1 fully saturated rings. The van der Waals surface area contributed by atoms with Gasteiger partial charge in [0.05, 0.1) is 18.8 Å². The number of para-hydroxylation sites is 1. The molecule has 0 radical (unpaired) electrons. The Morgan fingerprint density at radius 2 is 2.16 bits per heavy atom. The van der Waals surface area contributed by atoms with E-state index in [4.69, 9.17) is 9.84 Å². The number of amides is 1. The van der Waals surface area contributed by atoms with Crippen LogP contribution in [0.25, 0.3) is 0 Å². The molecule has 1 saturated heterocycles. The summed E-state index contributed by atoms with van der Waals surface area (Å²) in [6.45, 7) is -0.186. The number of rotatable bonds is 4. The van der Waals surface area contributed by atoms with Crippen molar-refractivity contribution in [3.8, 4) is 0 Å². The lowest BCUT2D eigenvalue weighted by atomic mass is 10.3. The van der Waals surface area contributed by atoms with E-state index in [0.717, 1.165) is 0 Å². The van der Waals surface area contributed by atoms with Crippen LogP contribution >= 0.6 is 0 Å². The summed E-state index contributed by atoms with van der Waals surface area (Å²) in [6, 6.07) is 6.12. The number of aliphatic hydroxyl groups is 1. The first-order valence-corrected chi connectivity index (χ1v) is 7.09. The van der Waals surface area contributed by atoms with Gasteiger partial charge >= 0.3 is 6.09 Å². The normalized spacial score (nSPS) is 19.6. The summed E-state index contributed by atoms with van der Waals surface area (Å²) < 4.78 is 30.9. The van der Waals surface area contributed by atoms with Gasteiger partial charge in [0, 0.05) is 0 Å². The largest absolute Gasteiger partial charge is 0.441 e. The van der Waals surface area contributed by atoms with Gasteiger partial charge in [-0.25, -0.2) is 17.9 Å². The van der Waals surface area contributed by atoms with E-state index in [9.17, 15) is 13.2 Å². The highest BCUT2D eigenvalue weighted by atomic mass is 32.2. The first-order valence-electron chi connectivity index (χ1n) is 5.61. The number of carbonyl (C=O) groups excluding carboxylic acids is 1. The minimum atomic E-state index is -3.68. The highest BCUT2D eigenvalue weighted by Crippen LogP contribution is 2.28. The molecule has 1 aromatic rings. The standard InChI is InChI=1S/C11H14N2O5S/c1-12-19(16,17)10-5-3-2-4-9(10)13-6-8(7-14)18-11(13)15/h2-5,8,12,14H,6-7H2,1H3. The molecular formula is C11H14N2O5S. The predicted molar refractivity (Wildman–Crippen MR) is 67.4 cm³/mol. The maximum absolute atomic E-state index is 11.9. The van der Waals surface area contributed by atoms with Crippen LogP contribution in [-0.2, 0) is 14.8 Å². The first-order chi connectivity index (χ1) is 8.99. The van der Waals surface area contributed by atoms with Gasteiger partial charge in [0.2, 0.25) is 10.0 Å². The number of ether oxygens (including phenoxy) is 1. The van der Waals surface area contributed by atoms with E-state index in [2.05, 4.69) is 4.72 Å². The van der Waals surface area contributed by atoms with Crippen molar-refractivity contribution in [3.63, 3.8) is 0 Å². The summed E-state index contributed by atoms with van der Waals surface area (Å²) >= 11 is 0. The fraction of sp³-hybridized carbons (Fsp3) is 0.364. The molecule has 1 atom stereocenters. The molecule has 2 rings (SSSR count). The van der Waals surface area contributed by atoms with Gasteiger partial charge in [-0.2, -0.15) is 0 Å². The summed E-state index contributed by atoms with van der Waals surface area (Å²) in [5.74, 6) is 0. The molecule has 0 bridgehead atoms. The Morgan fingerprint density at radius 1 is 1.47 bits per heavy atom. The molecule has 1 unspecified atom stereocenters.